The van der Waals surface area contributed by atoms with Crippen molar-refractivity contribution in [2.75, 3.05) is 13.7 Å². The predicted molar refractivity (Wildman–Crippen MR) is 51.5 cm³/mol. The fourth-order valence-electron chi connectivity index (χ4n) is 1.98. The molecule has 1 fully saturated rings. The quantitative estimate of drug-likeness (QED) is 0.536. The summed E-state index contributed by atoms with van der Waals surface area (Å²) in [4.78, 5) is 21.3. The maximum absolute atomic E-state index is 11.2. The number of esters is 1. The SMILES string of the molecule is COC(=O)C1CCC(CNC=O)CC1. The Kier molecular flexibility index (Phi) is 4.43. The predicted octanol–water partition coefficient (Wildman–Crippen LogP) is 0.712. The molecule has 0 unspecified atom stereocenters. The zero-order valence-electron chi connectivity index (χ0n) is 8.49. The smallest absolute Gasteiger partial charge is 0.308 e. The van der Waals surface area contributed by atoms with Crippen LogP contribution in [-0.2, 0) is 14.3 Å². The summed E-state index contributed by atoms with van der Waals surface area (Å²) in [6.07, 6.45) is 4.50. The van der Waals surface area contributed by atoms with E-state index in [9.17, 15) is 9.59 Å². The third-order valence-corrected chi connectivity index (χ3v) is 2.87. The van der Waals surface area contributed by atoms with E-state index in [4.69, 9.17) is 4.74 Å². The van der Waals surface area contributed by atoms with Crippen molar-refractivity contribution in [2.45, 2.75) is 25.7 Å². The second kappa shape index (κ2) is 5.62. The van der Waals surface area contributed by atoms with Gasteiger partial charge in [-0.15, -0.1) is 0 Å². The largest absolute Gasteiger partial charge is 0.469 e. The Morgan fingerprint density at radius 1 is 1.43 bits per heavy atom. The monoisotopic (exact) mass is 199 g/mol. The van der Waals surface area contributed by atoms with Gasteiger partial charge >= 0.3 is 5.97 Å². The zero-order valence-corrected chi connectivity index (χ0v) is 8.49. The number of amides is 1. The lowest BCUT2D eigenvalue weighted by atomic mass is 9.82. The van der Waals surface area contributed by atoms with Crippen LogP contribution in [0.3, 0.4) is 0 Å². The molecule has 4 nitrogen and oxygen atoms in total. The van der Waals surface area contributed by atoms with Gasteiger partial charge in [0.1, 0.15) is 0 Å². The van der Waals surface area contributed by atoms with E-state index >= 15 is 0 Å². The lowest BCUT2D eigenvalue weighted by Gasteiger charge is -2.26. The molecule has 80 valence electrons. The Bertz CT molecular complexity index is 198. The van der Waals surface area contributed by atoms with Crippen LogP contribution in [0.15, 0.2) is 0 Å². The first-order valence-electron chi connectivity index (χ1n) is 5.02. The number of nitrogens with one attached hydrogen (secondary N) is 1. The van der Waals surface area contributed by atoms with Gasteiger partial charge in [0.05, 0.1) is 13.0 Å². The van der Waals surface area contributed by atoms with Crippen molar-refractivity contribution in [3.63, 3.8) is 0 Å². The topological polar surface area (TPSA) is 55.4 Å². The minimum atomic E-state index is -0.0909. The summed E-state index contributed by atoms with van der Waals surface area (Å²) < 4.78 is 4.70. The first-order valence-corrected chi connectivity index (χ1v) is 5.02. The highest BCUT2D eigenvalue weighted by molar-refractivity contribution is 5.72. The average Bonchev–Trinajstić information content (AvgIpc) is 2.26. The van der Waals surface area contributed by atoms with Crippen LogP contribution in [0, 0.1) is 11.8 Å². The van der Waals surface area contributed by atoms with Gasteiger partial charge in [-0.2, -0.15) is 0 Å². The molecular weight excluding hydrogens is 182 g/mol. The van der Waals surface area contributed by atoms with Gasteiger partial charge in [-0.25, -0.2) is 0 Å². The number of carbonyl (C=O) groups is 2. The molecule has 1 rings (SSSR count). The minimum absolute atomic E-state index is 0.0764. The summed E-state index contributed by atoms with van der Waals surface area (Å²) in [6, 6.07) is 0. The molecule has 0 heterocycles. The molecule has 4 heteroatoms. The highest BCUT2D eigenvalue weighted by atomic mass is 16.5. The number of rotatable bonds is 4. The van der Waals surface area contributed by atoms with Gasteiger partial charge < -0.3 is 10.1 Å². The summed E-state index contributed by atoms with van der Waals surface area (Å²) in [7, 11) is 1.43. The molecule has 0 saturated heterocycles. The van der Waals surface area contributed by atoms with Crippen molar-refractivity contribution < 1.29 is 14.3 Å². The molecule has 0 bridgehead atoms. The number of hydrogen-bond acceptors (Lipinski definition) is 3. The molecule has 1 amide bonds. The molecule has 14 heavy (non-hydrogen) atoms. The van der Waals surface area contributed by atoms with Gasteiger partial charge in [-0.05, 0) is 31.6 Å². The molecule has 0 atom stereocenters. The van der Waals surface area contributed by atoms with E-state index < -0.39 is 0 Å². The van der Waals surface area contributed by atoms with E-state index in [1.54, 1.807) is 0 Å². The summed E-state index contributed by atoms with van der Waals surface area (Å²) in [6.45, 7) is 0.734. The minimum Gasteiger partial charge on any atom is -0.469 e. The molecule has 1 N–H and O–H groups in total. The van der Waals surface area contributed by atoms with E-state index in [-0.39, 0.29) is 11.9 Å². The summed E-state index contributed by atoms with van der Waals surface area (Å²) in [5.74, 6) is 0.514. The molecular formula is C10H17NO3. The van der Waals surface area contributed by atoms with Gasteiger partial charge in [0.2, 0.25) is 6.41 Å². The van der Waals surface area contributed by atoms with Crippen LogP contribution < -0.4 is 5.32 Å². The van der Waals surface area contributed by atoms with E-state index in [1.807, 2.05) is 0 Å². The Balaban J connectivity index is 2.24. The second-order valence-electron chi connectivity index (χ2n) is 3.77. The van der Waals surface area contributed by atoms with E-state index in [0.29, 0.717) is 5.92 Å². The van der Waals surface area contributed by atoms with E-state index in [1.165, 1.54) is 7.11 Å². The molecule has 0 aromatic carbocycles. The summed E-state index contributed by atoms with van der Waals surface area (Å²) >= 11 is 0. The number of hydrogen-bond donors (Lipinski definition) is 1. The third-order valence-electron chi connectivity index (χ3n) is 2.87. The lowest BCUT2D eigenvalue weighted by Crippen LogP contribution is -2.28. The van der Waals surface area contributed by atoms with Gasteiger partial charge in [-0.3, -0.25) is 9.59 Å². The Labute approximate surface area is 84.0 Å². The first-order chi connectivity index (χ1) is 6.77. The highest BCUT2D eigenvalue weighted by Gasteiger charge is 2.26. The van der Waals surface area contributed by atoms with Crippen LogP contribution >= 0.6 is 0 Å². The van der Waals surface area contributed by atoms with E-state index in [2.05, 4.69) is 5.32 Å². The van der Waals surface area contributed by atoms with Crippen molar-refractivity contribution in [2.24, 2.45) is 11.8 Å². The van der Waals surface area contributed by atoms with Gasteiger partial charge in [-0.1, -0.05) is 0 Å². The zero-order chi connectivity index (χ0) is 10.4. The number of ether oxygens (including phenoxy) is 1. The summed E-state index contributed by atoms with van der Waals surface area (Å²) in [5, 5.41) is 2.68. The molecule has 0 spiro atoms. The normalized spacial score (nSPS) is 26.6. The van der Waals surface area contributed by atoms with Gasteiger partial charge in [0.15, 0.2) is 0 Å². The van der Waals surface area contributed by atoms with Crippen LogP contribution in [0.25, 0.3) is 0 Å². The van der Waals surface area contributed by atoms with Gasteiger partial charge in [0, 0.05) is 6.54 Å². The lowest BCUT2D eigenvalue weighted by molar-refractivity contribution is -0.146. The van der Waals surface area contributed by atoms with Crippen LogP contribution in [0.4, 0.5) is 0 Å². The molecule has 0 aliphatic heterocycles. The first kappa shape index (κ1) is 11.0. The van der Waals surface area contributed by atoms with Crippen LogP contribution in [-0.4, -0.2) is 26.0 Å². The number of methoxy groups -OCH3 is 1. The maximum atomic E-state index is 11.2. The van der Waals surface area contributed by atoms with Crippen LogP contribution in [0.1, 0.15) is 25.7 Å². The molecule has 0 radical (unpaired) electrons. The highest BCUT2D eigenvalue weighted by Crippen LogP contribution is 2.28. The van der Waals surface area contributed by atoms with Crippen molar-refractivity contribution in [3.8, 4) is 0 Å². The van der Waals surface area contributed by atoms with Crippen LogP contribution in [0.2, 0.25) is 0 Å². The van der Waals surface area contributed by atoms with Crippen molar-refractivity contribution in [1.29, 1.82) is 0 Å². The Hall–Kier alpha value is -1.06. The van der Waals surface area contributed by atoms with Gasteiger partial charge in [0.25, 0.3) is 0 Å². The van der Waals surface area contributed by atoms with Crippen LogP contribution in [0.5, 0.6) is 0 Å². The van der Waals surface area contributed by atoms with Crippen molar-refractivity contribution in [3.05, 3.63) is 0 Å². The standard InChI is InChI=1S/C10H17NO3/c1-14-10(13)9-4-2-8(3-5-9)6-11-7-12/h7-9H,2-6H2,1H3,(H,11,12). The Morgan fingerprint density at radius 2 is 2.07 bits per heavy atom. The average molecular weight is 199 g/mol. The summed E-state index contributed by atoms with van der Waals surface area (Å²) in [5.41, 5.74) is 0. The molecule has 1 aliphatic rings. The second-order valence-corrected chi connectivity index (χ2v) is 3.77. The molecule has 1 saturated carbocycles. The number of carbonyl (C=O) groups excluding carboxylic acids is 2. The third kappa shape index (κ3) is 3.01. The van der Waals surface area contributed by atoms with Crippen molar-refractivity contribution >= 4 is 12.4 Å². The Morgan fingerprint density at radius 3 is 2.57 bits per heavy atom. The fraction of sp³-hybridized carbons (Fsp3) is 0.800. The fourth-order valence-corrected chi connectivity index (χ4v) is 1.98. The van der Waals surface area contributed by atoms with E-state index in [0.717, 1.165) is 38.6 Å². The molecule has 1 aliphatic carbocycles. The van der Waals surface area contributed by atoms with Crippen molar-refractivity contribution in [1.82, 2.24) is 5.32 Å². The molecule has 0 aromatic rings. The maximum Gasteiger partial charge on any atom is 0.308 e. The molecule has 0 aromatic heterocycles.